The van der Waals surface area contributed by atoms with E-state index in [9.17, 15) is 9.59 Å². The molecule has 2 aromatic rings. The molecule has 0 aromatic heterocycles. The van der Waals surface area contributed by atoms with Crippen molar-refractivity contribution in [3.8, 4) is 5.75 Å². The number of hydrogen-bond donors (Lipinski definition) is 2. The van der Waals surface area contributed by atoms with Gasteiger partial charge in [-0.05, 0) is 23.8 Å². The molecule has 0 saturated carbocycles. The Kier molecular flexibility index (Phi) is 5.93. The minimum atomic E-state index is -0.279. The Morgan fingerprint density at radius 1 is 1.19 bits per heavy atom. The first-order valence-corrected chi connectivity index (χ1v) is 8.75. The van der Waals surface area contributed by atoms with Gasteiger partial charge in [0.25, 0.3) is 5.91 Å². The third-order valence-corrected chi connectivity index (χ3v) is 4.45. The van der Waals surface area contributed by atoms with E-state index in [1.54, 1.807) is 30.1 Å². The molecule has 7 nitrogen and oxygen atoms in total. The number of nitrogens with zero attached hydrogens (tertiary/aromatic N) is 1. The molecule has 3 amide bonds. The van der Waals surface area contributed by atoms with Gasteiger partial charge in [0.15, 0.2) is 0 Å². The summed E-state index contributed by atoms with van der Waals surface area (Å²) in [6, 6.07) is 14.6. The van der Waals surface area contributed by atoms with Gasteiger partial charge in [-0.2, -0.15) is 0 Å². The van der Waals surface area contributed by atoms with Crippen molar-refractivity contribution in [1.82, 2.24) is 10.2 Å². The van der Waals surface area contributed by atoms with Crippen LogP contribution in [0.25, 0.3) is 0 Å². The van der Waals surface area contributed by atoms with Crippen molar-refractivity contribution < 1.29 is 19.1 Å². The lowest BCUT2D eigenvalue weighted by Gasteiger charge is -2.33. The van der Waals surface area contributed by atoms with Crippen molar-refractivity contribution >= 4 is 17.6 Å². The summed E-state index contributed by atoms with van der Waals surface area (Å²) in [7, 11) is 3.04. The van der Waals surface area contributed by atoms with E-state index in [0.29, 0.717) is 36.7 Å². The van der Waals surface area contributed by atoms with Crippen molar-refractivity contribution in [2.45, 2.75) is 6.10 Å². The van der Waals surface area contributed by atoms with Gasteiger partial charge in [-0.3, -0.25) is 4.79 Å². The molecule has 142 valence electrons. The van der Waals surface area contributed by atoms with Crippen LogP contribution in [0.5, 0.6) is 5.75 Å². The standard InChI is InChI=1S/C20H23N3O4/c1-21-19(24)16-12-15(8-9-17(16)26-2)22-20(25)23-10-11-27-18(13-23)14-6-4-3-5-7-14/h3-9,12,18H,10-11,13H2,1-2H3,(H,21,24)(H,22,25)/t18-/m0/s1. The summed E-state index contributed by atoms with van der Waals surface area (Å²) >= 11 is 0. The van der Waals surface area contributed by atoms with Crippen LogP contribution in [0.1, 0.15) is 22.0 Å². The second kappa shape index (κ2) is 8.55. The number of benzene rings is 2. The number of morpholine rings is 1. The Morgan fingerprint density at radius 3 is 2.67 bits per heavy atom. The predicted octanol–water partition coefficient (Wildman–Crippen LogP) is 2.66. The number of nitrogens with one attached hydrogen (secondary N) is 2. The predicted molar refractivity (Wildman–Crippen MR) is 102 cm³/mol. The number of carbonyl (C=O) groups is 2. The molecule has 1 heterocycles. The molecule has 2 N–H and O–H groups in total. The molecule has 7 heteroatoms. The van der Waals surface area contributed by atoms with Gasteiger partial charge < -0.3 is 25.0 Å². The molecule has 0 unspecified atom stereocenters. The van der Waals surface area contributed by atoms with Gasteiger partial charge in [0.1, 0.15) is 11.9 Å². The highest BCUT2D eigenvalue weighted by molar-refractivity contribution is 5.99. The lowest BCUT2D eigenvalue weighted by atomic mass is 10.1. The molecule has 1 aliphatic rings. The fourth-order valence-electron chi connectivity index (χ4n) is 3.00. The monoisotopic (exact) mass is 369 g/mol. The summed E-state index contributed by atoms with van der Waals surface area (Å²) in [6.45, 7) is 1.45. The van der Waals surface area contributed by atoms with E-state index < -0.39 is 0 Å². The number of methoxy groups -OCH3 is 1. The largest absolute Gasteiger partial charge is 0.496 e. The zero-order valence-corrected chi connectivity index (χ0v) is 15.4. The highest BCUT2D eigenvalue weighted by Crippen LogP contribution is 2.25. The lowest BCUT2D eigenvalue weighted by Crippen LogP contribution is -2.44. The van der Waals surface area contributed by atoms with Crippen LogP contribution in [0.3, 0.4) is 0 Å². The maximum atomic E-state index is 12.7. The van der Waals surface area contributed by atoms with Crippen molar-refractivity contribution in [1.29, 1.82) is 0 Å². The van der Waals surface area contributed by atoms with Gasteiger partial charge in [-0.25, -0.2) is 4.79 Å². The van der Waals surface area contributed by atoms with Crippen LogP contribution >= 0.6 is 0 Å². The van der Waals surface area contributed by atoms with E-state index in [2.05, 4.69) is 10.6 Å². The summed E-state index contributed by atoms with van der Waals surface area (Å²) in [4.78, 5) is 26.4. The van der Waals surface area contributed by atoms with Crippen molar-refractivity contribution in [3.63, 3.8) is 0 Å². The number of carbonyl (C=O) groups excluding carboxylic acids is 2. The SMILES string of the molecule is CNC(=O)c1cc(NC(=O)N2CCO[C@H](c3ccccc3)C2)ccc1OC. The smallest absolute Gasteiger partial charge is 0.322 e. The Hall–Kier alpha value is -3.06. The van der Waals surface area contributed by atoms with Gasteiger partial charge in [0.05, 0.1) is 25.8 Å². The number of amides is 3. The number of hydrogen-bond acceptors (Lipinski definition) is 4. The highest BCUT2D eigenvalue weighted by atomic mass is 16.5. The number of urea groups is 1. The van der Waals surface area contributed by atoms with Crippen molar-refractivity contribution in [2.75, 3.05) is 39.2 Å². The van der Waals surface area contributed by atoms with E-state index in [4.69, 9.17) is 9.47 Å². The first kappa shape index (κ1) is 18.7. The Morgan fingerprint density at radius 2 is 1.96 bits per heavy atom. The molecule has 1 fully saturated rings. The van der Waals surface area contributed by atoms with E-state index in [-0.39, 0.29) is 18.0 Å². The van der Waals surface area contributed by atoms with Gasteiger partial charge in [0.2, 0.25) is 0 Å². The molecule has 0 aliphatic carbocycles. The first-order chi connectivity index (χ1) is 13.1. The van der Waals surface area contributed by atoms with E-state index >= 15 is 0 Å². The van der Waals surface area contributed by atoms with Gasteiger partial charge in [0, 0.05) is 19.3 Å². The summed E-state index contributed by atoms with van der Waals surface area (Å²) in [6.07, 6.45) is -0.150. The Bertz CT molecular complexity index is 810. The average Bonchev–Trinajstić information content (AvgIpc) is 2.73. The second-order valence-electron chi connectivity index (χ2n) is 6.14. The molecular formula is C20H23N3O4. The van der Waals surface area contributed by atoms with E-state index in [1.807, 2.05) is 30.3 Å². The fourth-order valence-corrected chi connectivity index (χ4v) is 3.00. The van der Waals surface area contributed by atoms with Crippen LogP contribution < -0.4 is 15.4 Å². The molecule has 1 aliphatic heterocycles. The first-order valence-electron chi connectivity index (χ1n) is 8.75. The van der Waals surface area contributed by atoms with Crippen LogP contribution in [0.4, 0.5) is 10.5 Å². The normalized spacial score (nSPS) is 16.5. The quantitative estimate of drug-likeness (QED) is 0.868. The Labute approximate surface area is 158 Å². The highest BCUT2D eigenvalue weighted by Gasteiger charge is 2.25. The van der Waals surface area contributed by atoms with E-state index in [1.165, 1.54) is 7.11 Å². The molecule has 27 heavy (non-hydrogen) atoms. The zero-order chi connectivity index (χ0) is 19.2. The summed E-state index contributed by atoms with van der Waals surface area (Å²) in [5.41, 5.74) is 1.94. The topological polar surface area (TPSA) is 79.9 Å². The second-order valence-corrected chi connectivity index (χ2v) is 6.14. The maximum Gasteiger partial charge on any atom is 0.322 e. The number of anilines is 1. The van der Waals surface area contributed by atoms with Crippen molar-refractivity contribution in [3.05, 3.63) is 59.7 Å². The van der Waals surface area contributed by atoms with Crippen molar-refractivity contribution in [2.24, 2.45) is 0 Å². The summed E-state index contributed by atoms with van der Waals surface area (Å²) in [5, 5.41) is 5.42. The average molecular weight is 369 g/mol. The third-order valence-electron chi connectivity index (χ3n) is 4.45. The molecule has 1 saturated heterocycles. The van der Waals surface area contributed by atoms with Crippen LogP contribution in [-0.2, 0) is 4.74 Å². The minimum absolute atomic E-state index is 0.150. The Balaban J connectivity index is 1.70. The minimum Gasteiger partial charge on any atom is -0.496 e. The summed E-state index contributed by atoms with van der Waals surface area (Å²) < 4.78 is 11.0. The fraction of sp³-hybridized carbons (Fsp3) is 0.300. The molecule has 0 spiro atoms. The van der Waals surface area contributed by atoms with Crippen LogP contribution in [0, 0.1) is 0 Å². The van der Waals surface area contributed by atoms with Crippen LogP contribution in [0.2, 0.25) is 0 Å². The van der Waals surface area contributed by atoms with E-state index in [0.717, 1.165) is 5.56 Å². The molecule has 0 radical (unpaired) electrons. The zero-order valence-electron chi connectivity index (χ0n) is 15.4. The van der Waals surface area contributed by atoms with Gasteiger partial charge in [-0.15, -0.1) is 0 Å². The lowest BCUT2D eigenvalue weighted by molar-refractivity contribution is -0.0135. The van der Waals surface area contributed by atoms with Crippen LogP contribution in [-0.4, -0.2) is 50.7 Å². The van der Waals surface area contributed by atoms with Gasteiger partial charge in [-0.1, -0.05) is 30.3 Å². The maximum absolute atomic E-state index is 12.7. The molecule has 3 rings (SSSR count). The summed E-state index contributed by atoms with van der Waals surface area (Å²) in [5.74, 6) is 0.168. The van der Waals surface area contributed by atoms with Crippen LogP contribution in [0.15, 0.2) is 48.5 Å². The molecule has 0 bridgehead atoms. The third kappa shape index (κ3) is 4.38. The number of ether oxygens (including phenoxy) is 2. The van der Waals surface area contributed by atoms with Gasteiger partial charge >= 0.3 is 6.03 Å². The molecule has 2 aromatic carbocycles. The molecule has 1 atom stereocenters. The molecular weight excluding hydrogens is 346 g/mol. The number of rotatable bonds is 4.